The minimum atomic E-state index is 1.07. The van der Waals surface area contributed by atoms with Gasteiger partial charge in [0.2, 0.25) is 0 Å². The first-order valence-electron chi connectivity index (χ1n) is 17.3. The second-order valence-corrected chi connectivity index (χ2v) is 14.1. The van der Waals surface area contributed by atoms with Gasteiger partial charge in [0, 0.05) is 53.6 Å². The van der Waals surface area contributed by atoms with Crippen LogP contribution in [0.3, 0.4) is 0 Å². The van der Waals surface area contributed by atoms with Crippen LogP contribution in [0.15, 0.2) is 188 Å². The first-order valence-corrected chi connectivity index (χ1v) is 18.2. The van der Waals surface area contributed by atoms with Crippen LogP contribution >= 0.6 is 11.3 Å². The fraction of sp³-hybridized carbons (Fsp3) is 0. The van der Waals surface area contributed by atoms with Crippen molar-refractivity contribution in [2.24, 2.45) is 0 Å². The Morgan fingerprint density at radius 3 is 1.76 bits per heavy atom. The Bertz CT molecular complexity index is 2850. The van der Waals surface area contributed by atoms with E-state index in [2.05, 4.69) is 192 Å². The smallest absolute Gasteiger partial charge is 0.0555 e. The van der Waals surface area contributed by atoms with Gasteiger partial charge in [-0.15, -0.1) is 11.3 Å². The van der Waals surface area contributed by atoms with E-state index < -0.39 is 0 Å². The lowest BCUT2D eigenvalue weighted by Gasteiger charge is -2.15. The Morgan fingerprint density at radius 1 is 0.373 bits per heavy atom. The minimum Gasteiger partial charge on any atom is -0.355 e. The predicted molar refractivity (Wildman–Crippen MR) is 220 cm³/mol. The van der Waals surface area contributed by atoms with Crippen molar-refractivity contribution in [2.45, 2.75) is 0 Å². The van der Waals surface area contributed by atoms with Crippen molar-refractivity contribution in [2.75, 3.05) is 5.32 Å². The molecule has 0 amide bonds. The second-order valence-electron chi connectivity index (χ2n) is 13.1. The summed E-state index contributed by atoms with van der Waals surface area (Å²) in [5.74, 6) is 0. The summed E-state index contributed by atoms with van der Waals surface area (Å²) in [5.41, 5.74) is 12.9. The highest BCUT2D eigenvalue weighted by atomic mass is 32.1. The van der Waals surface area contributed by atoms with Crippen molar-refractivity contribution in [3.8, 4) is 39.1 Å². The summed E-state index contributed by atoms with van der Waals surface area (Å²) in [6.07, 6.45) is 0. The van der Waals surface area contributed by atoms with Gasteiger partial charge in [-0.2, -0.15) is 0 Å². The molecule has 2 heterocycles. The summed E-state index contributed by atoms with van der Waals surface area (Å²) in [6.45, 7) is 0. The summed E-state index contributed by atoms with van der Waals surface area (Å²) in [7, 11) is 0. The number of anilines is 2. The topological polar surface area (TPSA) is 17.0 Å². The molecule has 0 unspecified atom stereocenters. The lowest BCUT2D eigenvalue weighted by Crippen LogP contribution is -1.94. The van der Waals surface area contributed by atoms with E-state index in [-0.39, 0.29) is 0 Å². The van der Waals surface area contributed by atoms with Crippen LogP contribution in [0, 0.1) is 0 Å². The second kappa shape index (κ2) is 12.2. The van der Waals surface area contributed by atoms with Gasteiger partial charge in [-0.3, -0.25) is 0 Å². The average molecular weight is 669 g/mol. The van der Waals surface area contributed by atoms with Gasteiger partial charge >= 0.3 is 0 Å². The molecule has 10 aromatic rings. The molecule has 0 spiro atoms. The summed E-state index contributed by atoms with van der Waals surface area (Å²) < 4.78 is 5.07. The van der Waals surface area contributed by atoms with E-state index >= 15 is 0 Å². The van der Waals surface area contributed by atoms with Crippen molar-refractivity contribution in [3.05, 3.63) is 188 Å². The molecule has 0 bridgehead atoms. The predicted octanol–water partition coefficient (Wildman–Crippen LogP) is 13.9. The van der Waals surface area contributed by atoms with Gasteiger partial charge in [0.1, 0.15) is 0 Å². The number of para-hydroxylation sites is 1. The van der Waals surface area contributed by atoms with Gasteiger partial charge in [-0.25, -0.2) is 0 Å². The molecular weight excluding hydrogens is 637 g/mol. The normalized spacial score (nSPS) is 11.5. The van der Waals surface area contributed by atoms with E-state index in [9.17, 15) is 0 Å². The van der Waals surface area contributed by atoms with Crippen LogP contribution in [-0.2, 0) is 0 Å². The molecule has 0 saturated heterocycles. The molecule has 51 heavy (non-hydrogen) atoms. The van der Waals surface area contributed by atoms with Crippen LogP contribution in [0.2, 0.25) is 0 Å². The summed E-state index contributed by atoms with van der Waals surface area (Å²) in [5, 5.41) is 8.81. The third kappa shape index (κ3) is 5.18. The van der Waals surface area contributed by atoms with Crippen LogP contribution in [0.1, 0.15) is 0 Å². The van der Waals surface area contributed by atoms with Crippen LogP contribution in [-0.4, -0.2) is 4.57 Å². The van der Waals surface area contributed by atoms with Crippen LogP contribution in [0.4, 0.5) is 11.4 Å². The maximum Gasteiger partial charge on any atom is 0.0555 e. The summed E-state index contributed by atoms with van der Waals surface area (Å²) in [6, 6.07) is 68.0. The molecule has 2 nitrogen and oxygen atoms in total. The van der Waals surface area contributed by atoms with Crippen LogP contribution < -0.4 is 5.32 Å². The Kier molecular flexibility index (Phi) is 7.04. The average Bonchev–Trinajstić information content (AvgIpc) is 3.72. The van der Waals surface area contributed by atoms with Crippen molar-refractivity contribution in [1.29, 1.82) is 0 Å². The van der Waals surface area contributed by atoms with E-state index in [0.29, 0.717) is 0 Å². The highest BCUT2D eigenvalue weighted by Crippen LogP contribution is 2.42. The van der Waals surface area contributed by atoms with Crippen LogP contribution in [0.5, 0.6) is 0 Å². The number of rotatable bonds is 6. The molecule has 3 heteroatoms. The molecule has 8 aromatic carbocycles. The van der Waals surface area contributed by atoms with Gasteiger partial charge in [0.05, 0.1) is 11.0 Å². The zero-order valence-electron chi connectivity index (χ0n) is 27.8. The van der Waals surface area contributed by atoms with Crippen molar-refractivity contribution < 1.29 is 0 Å². The van der Waals surface area contributed by atoms with Gasteiger partial charge in [-0.05, 0) is 94.5 Å². The van der Waals surface area contributed by atoms with Crippen molar-refractivity contribution in [3.63, 3.8) is 0 Å². The fourth-order valence-electron chi connectivity index (χ4n) is 7.50. The van der Waals surface area contributed by atoms with Crippen molar-refractivity contribution >= 4 is 64.7 Å². The van der Waals surface area contributed by atoms with Gasteiger partial charge < -0.3 is 9.88 Å². The number of fused-ring (bicyclic) bond motifs is 6. The first kappa shape index (κ1) is 29.5. The highest BCUT2D eigenvalue weighted by molar-refractivity contribution is 7.25. The molecule has 0 fully saturated rings. The molecule has 10 rings (SSSR count). The SMILES string of the molecule is c1ccc(Nc2ccc(-c3ccc4c(c3)c3cc5c(cc3n4-c3ccc(-c4ccccc4)cc3)sc3ccccc35)cc2-c2ccccc2)cc1. The van der Waals surface area contributed by atoms with E-state index in [0.717, 1.165) is 17.1 Å². The zero-order valence-corrected chi connectivity index (χ0v) is 28.6. The first-order chi connectivity index (χ1) is 25.3. The molecule has 0 atom stereocenters. The third-order valence-electron chi connectivity index (χ3n) is 9.99. The number of hydrogen-bond acceptors (Lipinski definition) is 2. The largest absolute Gasteiger partial charge is 0.355 e. The Balaban J connectivity index is 1.17. The maximum atomic E-state index is 3.67. The van der Waals surface area contributed by atoms with Gasteiger partial charge in [-0.1, -0.05) is 121 Å². The minimum absolute atomic E-state index is 1.07. The molecular formula is C48H32N2S. The molecule has 2 aromatic heterocycles. The lowest BCUT2D eigenvalue weighted by molar-refractivity contribution is 1.18. The van der Waals surface area contributed by atoms with Crippen LogP contribution in [0.25, 0.3) is 81.0 Å². The molecule has 0 aliphatic rings. The van der Waals surface area contributed by atoms with E-state index in [4.69, 9.17) is 0 Å². The Labute approximate surface area is 300 Å². The number of hydrogen-bond donors (Lipinski definition) is 1. The fourth-order valence-corrected chi connectivity index (χ4v) is 8.62. The molecule has 0 saturated carbocycles. The number of thiophene rings is 1. The Hall–Kier alpha value is -6.42. The van der Waals surface area contributed by atoms with Gasteiger partial charge in [0.15, 0.2) is 0 Å². The molecule has 0 aliphatic carbocycles. The summed E-state index contributed by atoms with van der Waals surface area (Å²) >= 11 is 1.87. The number of aromatic nitrogens is 1. The Morgan fingerprint density at radius 2 is 0.980 bits per heavy atom. The van der Waals surface area contributed by atoms with Gasteiger partial charge in [0.25, 0.3) is 0 Å². The standard InChI is InChI=1S/C48H32N2S/c1-4-12-32(13-5-1)33-20-24-38(25-21-33)50-45-27-23-36(29-41(45)42-30-43-39-18-10-11-19-47(39)51-48(43)31-46(42)50)35-22-26-44(49-37-16-8-3-9-17-37)40(28-35)34-14-6-2-7-15-34/h1-31,49H. The molecule has 240 valence electrons. The third-order valence-corrected chi connectivity index (χ3v) is 11.1. The quantitative estimate of drug-likeness (QED) is 0.187. The number of nitrogens with one attached hydrogen (secondary N) is 1. The molecule has 0 radical (unpaired) electrons. The van der Waals surface area contributed by atoms with E-state index in [1.165, 1.54) is 75.4 Å². The van der Waals surface area contributed by atoms with Crippen molar-refractivity contribution in [1.82, 2.24) is 4.57 Å². The van der Waals surface area contributed by atoms with E-state index in [1.807, 2.05) is 17.4 Å². The number of benzene rings is 8. The maximum absolute atomic E-state index is 3.67. The molecule has 1 N–H and O–H groups in total. The highest BCUT2D eigenvalue weighted by Gasteiger charge is 2.17. The van der Waals surface area contributed by atoms with E-state index in [1.54, 1.807) is 0 Å². The number of nitrogens with zero attached hydrogens (tertiary/aromatic N) is 1. The zero-order chi connectivity index (χ0) is 33.7. The monoisotopic (exact) mass is 668 g/mol. The summed E-state index contributed by atoms with van der Waals surface area (Å²) in [4.78, 5) is 0. The lowest BCUT2D eigenvalue weighted by atomic mass is 9.96. The molecule has 0 aliphatic heterocycles.